The second kappa shape index (κ2) is 3.26. The van der Waals surface area contributed by atoms with Crippen LogP contribution in [0.15, 0.2) is 18.2 Å². The molecule has 2 rings (SSSR count). The van der Waals surface area contributed by atoms with Gasteiger partial charge < -0.3 is 11.1 Å². The van der Waals surface area contributed by atoms with Gasteiger partial charge in [-0.1, -0.05) is 12.1 Å². The average Bonchev–Trinajstić information content (AvgIpc) is 2.16. The monoisotopic (exact) mass is 193 g/mol. The fourth-order valence-corrected chi connectivity index (χ4v) is 1.70. The normalized spacial score (nSPS) is 19.6. The lowest BCUT2D eigenvalue weighted by molar-refractivity contribution is -0.384. The van der Waals surface area contributed by atoms with E-state index in [0.29, 0.717) is 18.7 Å². The molecule has 3 N–H and O–H groups in total. The number of nitrogens with zero attached hydrogens (tertiary/aromatic N) is 1. The molecule has 1 heterocycles. The van der Waals surface area contributed by atoms with Crippen molar-refractivity contribution < 1.29 is 4.92 Å². The number of rotatable bonds is 1. The maximum Gasteiger partial charge on any atom is 0.292 e. The summed E-state index contributed by atoms with van der Waals surface area (Å²) >= 11 is 0. The maximum absolute atomic E-state index is 10.7. The Kier molecular flexibility index (Phi) is 2.09. The van der Waals surface area contributed by atoms with Crippen molar-refractivity contribution in [2.75, 3.05) is 11.9 Å². The number of anilines is 1. The third kappa shape index (κ3) is 1.42. The molecule has 1 aliphatic rings. The Morgan fingerprint density at radius 3 is 3.07 bits per heavy atom. The minimum absolute atomic E-state index is 0.0458. The van der Waals surface area contributed by atoms with Gasteiger partial charge in [0, 0.05) is 18.7 Å². The molecule has 1 aromatic carbocycles. The summed E-state index contributed by atoms with van der Waals surface area (Å²) in [6.07, 6.45) is 0.698. The Labute approximate surface area is 81.1 Å². The highest BCUT2D eigenvalue weighted by Gasteiger charge is 2.22. The number of fused-ring (bicyclic) bond motifs is 1. The van der Waals surface area contributed by atoms with Crippen LogP contribution in [-0.2, 0) is 6.42 Å². The van der Waals surface area contributed by atoms with Crippen molar-refractivity contribution in [1.29, 1.82) is 0 Å². The summed E-state index contributed by atoms with van der Waals surface area (Å²) in [5.41, 5.74) is 7.43. The second-order valence-corrected chi connectivity index (χ2v) is 3.41. The van der Waals surface area contributed by atoms with E-state index in [2.05, 4.69) is 5.32 Å². The van der Waals surface area contributed by atoms with Crippen molar-refractivity contribution >= 4 is 11.4 Å². The van der Waals surface area contributed by atoms with Crippen LogP contribution < -0.4 is 11.1 Å². The van der Waals surface area contributed by atoms with Crippen LogP contribution in [0.25, 0.3) is 0 Å². The summed E-state index contributed by atoms with van der Waals surface area (Å²) in [6, 6.07) is 5.11. The van der Waals surface area contributed by atoms with Crippen LogP contribution in [0.4, 0.5) is 11.4 Å². The molecule has 1 aromatic rings. The molecule has 0 spiro atoms. The maximum atomic E-state index is 10.7. The fraction of sp³-hybridized carbons (Fsp3) is 0.333. The van der Waals surface area contributed by atoms with E-state index in [1.807, 2.05) is 6.07 Å². The van der Waals surface area contributed by atoms with Crippen LogP contribution in [0.1, 0.15) is 5.56 Å². The molecule has 74 valence electrons. The largest absolute Gasteiger partial charge is 0.378 e. The molecular weight excluding hydrogens is 182 g/mol. The number of para-hydroxylation sites is 1. The summed E-state index contributed by atoms with van der Waals surface area (Å²) in [4.78, 5) is 10.3. The van der Waals surface area contributed by atoms with Crippen molar-refractivity contribution in [3.05, 3.63) is 33.9 Å². The van der Waals surface area contributed by atoms with E-state index < -0.39 is 0 Å². The lowest BCUT2D eigenvalue weighted by atomic mass is 9.99. The highest BCUT2D eigenvalue weighted by atomic mass is 16.6. The topological polar surface area (TPSA) is 81.2 Å². The number of nitro groups is 1. The van der Waals surface area contributed by atoms with Crippen LogP contribution in [0.2, 0.25) is 0 Å². The molecule has 1 atom stereocenters. The minimum atomic E-state index is -0.372. The number of hydrogen-bond donors (Lipinski definition) is 2. The number of hydrogen-bond acceptors (Lipinski definition) is 4. The summed E-state index contributed by atoms with van der Waals surface area (Å²) in [7, 11) is 0. The van der Waals surface area contributed by atoms with E-state index in [4.69, 9.17) is 5.73 Å². The van der Waals surface area contributed by atoms with Gasteiger partial charge in [-0.2, -0.15) is 0 Å². The van der Waals surface area contributed by atoms with Crippen LogP contribution >= 0.6 is 0 Å². The minimum Gasteiger partial charge on any atom is -0.378 e. The van der Waals surface area contributed by atoms with Crippen LogP contribution in [0, 0.1) is 10.1 Å². The molecule has 14 heavy (non-hydrogen) atoms. The number of nitrogens with two attached hydrogens (primary N) is 1. The lowest BCUT2D eigenvalue weighted by Crippen LogP contribution is -2.35. The van der Waals surface area contributed by atoms with Crippen LogP contribution in [0.5, 0.6) is 0 Å². The predicted octanol–water partition coefficient (Wildman–Crippen LogP) is 0.890. The van der Waals surface area contributed by atoms with Crippen LogP contribution in [-0.4, -0.2) is 17.5 Å². The van der Waals surface area contributed by atoms with Gasteiger partial charge in [-0.05, 0) is 12.0 Å². The molecule has 0 amide bonds. The van der Waals surface area contributed by atoms with Gasteiger partial charge in [-0.15, -0.1) is 0 Å². The molecule has 0 radical (unpaired) electrons. The molecule has 0 aliphatic carbocycles. The van der Waals surface area contributed by atoms with E-state index in [1.165, 1.54) is 6.07 Å². The molecule has 1 unspecified atom stereocenters. The molecular formula is C9H11N3O2. The quantitative estimate of drug-likeness (QED) is 0.512. The highest BCUT2D eigenvalue weighted by molar-refractivity contribution is 5.67. The van der Waals surface area contributed by atoms with E-state index in [-0.39, 0.29) is 16.7 Å². The SMILES string of the molecule is NC1CNc2c(cccc2[N+](=O)[O-])C1. The molecule has 0 saturated carbocycles. The van der Waals surface area contributed by atoms with E-state index in [0.717, 1.165) is 5.56 Å². The summed E-state index contributed by atoms with van der Waals surface area (Å²) in [5, 5.41) is 13.7. The summed E-state index contributed by atoms with van der Waals surface area (Å²) < 4.78 is 0. The van der Waals surface area contributed by atoms with Gasteiger partial charge in [0.25, 0.3) is 5.69 Å². The molecule has 0 bridgehead atoms. The predicted molar refractivity (Wildman–Crippen MR) is 53.3 cm³/mol. The number of nitrogens with one attached hydrogen (secondary N) is 1. The lowest BCUT2D eigenvalue weighted by Gasteiger charge is -2.22. The number of nitro benzene ring substituents is 1. The van der Waals surface area contributed by atoms with Crippen molar-refractivity contribution in [2.24, 2.45) is 5.73 Å². The third-order valence-electron chi connectivity index (χ3n) is 2.35. The third-order valence-corrected chi connectivity index (χ3v) is 2.35. The summed E-state index contributed by atoms with van der Waals surface area (Å²) in [5.74, 6) is 0. The fourth-order valence-electron chi connectivity index (χ4n) is 1.70. The van der Waals surface area contributed by atoms with Gasteiger partial charge >= 0.3 is 0 Å². The molecule has 1 aliphatic heterocycles. The van der Waals surface area contributed by atoms with Crippen LogP contribution in [0.3, 0.4) is 0 Å². The van der Waals surface area contributed by atoms with Crippen molar-refractivity contribution in [1.82, 2.24) is 0 Å². The molecule has 0 aromatic heterocycles. The average molecular weight is 193 g/mol. The first kappa shape index (κ1) is 8.96. The van der Waals surface area contributed by atoms with Gasteiger partial charge in [0.2, 0.25) is 0 Å². The number of benzene rings is 1. The zero-order chi connectivity index (χ0) is 10.1. The molecule has 5 nitrogen and oxygen atoms in total. The molecule has 5 heteroatoms. The smallest absolute Gasteiger partial charge is 0.292 e. The Bertz CT molecular complexity index is 378. The first-order valence-electron chi connectivity index (χ1n) is 4.44. The zero-order valence-electron chi connectivity index (χ0n) is 7.56. The highest BCUT2D eigenvalue weighted by Crippen LogP contribution is 2.31. The second-order valence-electron chi connectivity index (χ2n) is 3.41. The Balaban J connectivity index is 2.46. The standard InChI is InChI=1S/C9H11N3O2/c10-7-4-6-2-1-3-8(12(13)14)9(6)11-5-7/h1-3,7,11H,4-5,10H2. The first-order valence-corrected chi connectivity index (χ1v) is 4.44. The van der Waals surface area contributed by atoms with Crippen molar-refractivity contribution in [3.63, 3.8) is 0 Å². The Morgan fingerprint density at radius 1 is 1.57 bits per heavy atom. The van der Waals surface area contributed by atoms with Gasteiger partial charge in [-0.3, -0.25) is 10.1 Å². The Hall–Kier alpha value is -1.62. The van der Waals surface area contributed by atoms with Gasteiger partial charge in [0.15, 0.2) is 0 Å². The summed E-state index contributed by atoms with van der Waals surface area (Å²) in [6.45, 7) is 0.595. The van der Waals surface area contributed by atoms with Gasteiger partial charge in [0.1, 0.15) is 5.69 Å². The first-order chi connectivity index (χ1) is 6.68. The van der Waals surface area contributed by atoms with Crippen molar-refractivity contribution in [2.45, 2.75) is 12.5 Å². The van der Waals surface area contributed by atoms with E-state index >= 15 is 0 Å². The van der Waals surface area contributed by atoms with Gasteiger partial charge in [0.05, 0.1) is 4.92 Å². The van der Waals surface area contributed by atoms with E-state index in [9.17, 15) is 10.1 Å². The van der Waals surface area contributed by atoms with Crippen molar-refractivity contribution in [3.8, 4) is 0 Å². The van der Waals surface area contributed by atoms with Gasteiger partial charge in [-0.25, -0.2) is 0 Å². The van der Waals surface area contributed by atoms with E-state index in [1.54, 1.807) is 6.07 Å². The molecule has 0 saturated heterocycles. The molecule has 0 fully saturated rings. The zero-order valence-corrected chi connectivity index (χ0v) is 7.56. The Morgan fingerprint density at radius 2 is 2.36 bits per heavy atom.